The molecule has 1 saturated heterocycles. The van der Waals surface area contributed by atoms with Crippen LogP contribution in [0, 0.1) is 0 Å². The summed E-state index contributed by atoms with van der Waals surface area (Å²) in [6.07, 6.45) is 1.42. The number of rotatable bonds is 3. The number of likely N-dealkylation sites (tertiary alicyclic amines) is 1. The first-order valence-corrected chi connectivity index (χ1v) is 11.2. The molecule has 0 aliphatic carbocycles. The maximum absolute atomic E-state index is 12.5. The number of fused-ring (bicyclic) bond motifs is 1. The minimum Gasteiger partial charge on any atom is -0.341 e. The maximum Gasteiger partial charge on any atom is 0.416 e. The summed E-state index contributed by atoms with van der Waals surface area (Å²) in [5, 5.41) is 7.65. The zero-order valence-corrected chi connectivity index (χ0v) is 18.7. The van der Waals surface area contributed by atoms with Crippen LogP contribution in [0.15, 0.2) is 39.9 Å². The highest BCUT2D eigenvalue weighted by atomic mass is 19.4. The van der Waals surface area contributed by atoms with Crippen LogP contribution in [-0.2, 0) is 23.9 Å². The number of nitrogens with zero attached hydrogens (tertiary/aromatic N) is 6. The third-order valence-corrected chi connectivity index (χ3v) is 5.93. The Morgan fingerprint density at radius 1 is 1.21 bits per heavy atom. The lowest BCUT2D eigenvalue weighted by Gasteiger charge is -2.27. The van der Waals surface area contributed by atoms with Gasteiger partial charge in [0.2, 0.25) is 5.91 Å². The van der Waals surface area contributed by atoms with Gasteiger partial charge in [-0.1, -0.05) is 11.2 Å². The molecule has 1 fully saturated rings. The molecule has 0 radical (unpaired) electrons. The molecule has 182 valence electrons. The molecule has 34 heavy (non-hydrogen) atoms. The van der Waals surface area contributed by atoms with E-state index in [4.69, 9.17) is 0 Å². The van der Waals surface area contributed by atoms with Crippen LogP contribution < -0.4 is 5.69 Å². The number of amides is 1. The van der Waals surface area contributed by atoms with Crippen molar-refractivity contribution in [3.05, 3.63) is 52.5 Å². The number of alkyl halides is 3. The Labute approximate surface area is 193 Å². The topological polar surface area (TPSA) is 99.1 Å². The second-order valence-corrected chi connectivity index (χ2v) is 8.15. The van der Waals surface area contributed by atoms with Crippen LogP contribution in [-0.4, -0.2) is 48.4 Å². The molecule has 9 nitrogen and oxygen atoms in total. The van der Waals surface area contributed by atoms with Crippen LogP contribution in [0.4, 0.5) is 13.2 Å². The molecule has 0 spiro atoms. The quantitative estimate of drug-likeness (QED) is 0.573. The summed E-state index contributed by atoms with van der Waals surface area (Å²) >= 11 is 0. The highest BCUT2D eigenvalue weighted by Gasteiger charge is 2.34. The third-order valence-electron chi connectivity index (χ3n) is 5.93. The fourth-order valence-electron chi connectivity index (χ4n) is 4.25. The van der Waals surface area contributed by atoms with E-state index in [1.807, 2.05) is 11.8 Å². The molecule has 4 heterocycles. The van der Waals surface area contributed by atoms with Crippen molar-refractivity contribution in [2.75, 3.05) is 13.1 Å². The van der Waals surface area contributed by atoms with Gasteiger partial charge < -0.3 is 9.42 Å². The van der Waals surface area contributed by atoms with E-state index >= 15 is 0 Å². The van der Waals surface area contributed by atoms with Gasteiger partial charge in [0.25, 0.3) is 5.89 Å². The van der Waals surface area contributed by atoms with Crippen molar-refractivity contribution in [3.63, 3.8) is 0 Å². The molecule has 0 bridgehead atoms. The molecule has 0 N–H and O–H groups in total. The fourth-order valence-corrected chi connectivity index (χ4v) is 4.25. The molecule has 1 amide bonds. The predicted molar refractivity (Wildman–Crippen MR) is 115 cm³/mol. The van der Waals surface area contributed by atoms with Crippen molar-refractivity contribution in [2.45, 2.75) is 57.8 Å². The Kier molecular flexibility index (Phi) is 6.85. The third kappa shape index (κ3) is 4.90. The Balaban J connectivity index is 0.000000166. The number of aryl methyl sites for hydroxylation is 2. The van der Waals surface area contributed by atoms with E-state index in [0.29, 0.717) is 6.54 Å². The number of benzene rings is 1. The summed E-state index contributed by atoms with van der Waals surface area (Å²) in [6.45, 7) is 4.13. The molecule has 2 aliphatic heterocycles. The van der Waals surface area contributed by atoms with Crippen LogP contribution in [0.5, 0.6) is 0 Å². The molecule has 2 aliphatic rings. The van der Waals surface area contributed by atoms with Crippen molar-refractivity contribution in [2.24, 2.45) is 0 Å². The van der Waals surface area contributed by atoms with E-state index in [0.717, 1.165) is 69.5 Å². The van der Waals surface area contributed by atoms with E-state index < -0.39 is 11.7 Å². The smallest absolute Gasteiger partial charge is 0.341 e. The van der Waals surface area contributed by atoms with Crippen molar-refractivity contribution in [3.8, 4) is 11.5 Å². The molecule has 2 aromatic heterocycles. The Bertz CT molecular complexity index is 1180. The molecule has 1 aromatic carbocycles. The number of halogens is 3. The number of carbonyl (C=O) groups is 1. The van der Waals surface area contributed by atoms with Crippen molar-refractivity contribution >= 4 is 5.91 Å². The van der Waals surface area contributed by atoms with Crippen LogP contribution in [0.2, 0.25) is 0 Å². The Morgan fingerprint density at radius 2 is 1.97 bits per heavy atom. The average molecular weight is 478 g/mol. The van der Waals surface area contributed by atoms with E-state index in [9.17, 15) is 22.8 Å². The predicted octanol–water partition coefficient (Wildman–Crippen LogP) is 3.32. The Morgan fingerprint density at radius 3 is 2.62 bits per heavy atom. The molecular weight excluding hydrogens is 453 g/mol. The van der Waals surface area contributed by atoms with Crippen molar-refractivity contribution in [1.29, 1.82) is 0 Å². The van der Waals surface area contributed by atoms with E-state index in [2.05, 4.69) is 19.8 Å². The van der Waals surface area contributed by atoms with Gasteiger partial charge in [-0.15, -0.1) is 0 Å². The minimum atomic E-state index is -4.37. The van der Waals surface area contributed by atoms with Gasteiger partial charge in [0, 0.05) is 31.6 Å². The SMILES string of the molecule is CCn1nc2n(c1=O)C(C(=O)N1CCCC1)CCC2.FC(F)(F)c1cccc(-c2ncno2)c1. The molecule has 1 unspecified atom stereocenters. The normalized spacial score (nSPS) is 17.8. The summed E-state index contributed by atoms with van der Waals surface area (Å²) in [5.74, 6) is 0.952. The highest BCUT2D eigenvalue weighted by molar-refractivity contribution is 5.80. The monoisotopic (exact) mass is 478 g/mol. The summed E-state index contributed by atoms with van der Waals surface area (Å²) in [6, 6.07) is 4.40. The lowest BCUT2D eigenvalue weighted by atomic mass is 10.0. The number of carbonyl (C=O) groups excluding carboxylic acids is 1. The standard InChI is InChI=1S/C13H20N4O2.C9H5F3N2O/c1-2-16-13(19)17-10(6-5-7-11(17)14-16)12(18)15-8-3-4-9-15;10-9(11,12)7-3-1-2-6(4-7)8-13-5-14-15-8/h10H,2-9H2,1H3;1-5H. The minimum absolute atomic E-state index is 0.0705. The maximum atomic E-state index is 12.5. The second-order valence-electron chi connectivity index (χ2n) is 8.15. The molecule has 0 saturated carbocycles. The van der Waals surface area contributed by atoms with Gasteiger partial charge in [-0.25, -0.2) is 9.48 Å². The van der Waals surface area contributed by atoms with Gasteiger partial charge in [-0.2, -0.15) is 23.3 Å². The van der Waals surface area contributed by atoms with Gasteiger partial charge >= 0.3 is 11.9 Å². The first kappa shape index (κ1) is 23.7. The summed E-state index contributed by atoms with van der Waals surface area (Å²) in [4.78, 5) is 30.4. The van der Waals surface area contributed by atoms with Crippen molar-refractivity contribution in [1.82, 2.24) is 29.4 Å². The average Bonchev–Trinajstić information content (AvgIpc) is 3.60. The first-order valence-electron chi connectivity index (χ1n) is 11.2. The molecule has 12 heteroatoms. The lowest BCUT2D eigenvalue weighted by Crippen LogP contribution is -2.41. The van der Waals surface area contributed by atoms with Gasteiger partial charge in [0.1, 0.15) is 11.9 Å². The fraction of sp³-hybridized carbons (Fsp3) is 0.500. The lowest BCUT2D eigenvalue weighted by molar-refractivity contribution is -0.137. The van der Waals surface area contributed by atoms with Crippen LogP contribution in [0.25, 0.3) is 11.5 Å². The van der Waals surface area contributed by atoms with E-state index in [1.54, 1.807) is 4.57 Å². The van der Waals surface area contributed by atoms with Gasteiger partial charge in [-0.3, -0.25) is 9.36 Å². The summed E-state index contributed by atoms with van der Waals surface area (Å²) < 4.78 is 44.8. The second kappa shape index (κ2) is 9.82. The summed E-state index contributed by atoms with van der Waals surface area (Å²) in [7, 11) is 0. The van der Waals surface area contributed by atoms with Crippen LogP contribution in [0.3, 0.4) is 0 Å². The van der Waals surface area contributed by atoms with Crippen LogP contribution >= 0.6 is 0 Å². The summed E-state index contributed by atoms with van der Waals surface area (Å²) in [5.41, 5.74) is -0.615. The molecule has 1 atom stereocenters. The Hall–Kier alpha value is -3.44. The highest BCUT2D eigenvalue weighted by Crippen LogP contribution is 2.31. The van der Waals surface area contributed by atoms with E-state index in [1.165, 1.54) is 16.8 Å². The van der Waals surface area contributed by atoms with Crippen LogP contribution in [0.1, 0.15) is 50.0 Å². The van der Waals surface area contributed by atoms with Gasteiger partial charge in [-0.05, 0) is 50.8 Å². The van der Waals surface area contributed by atoms with Gasteiger partial charge in [0.15, 0.2) is 6.33 Å². The number of aromatic nitrogens is 5. The zero-order valence-electron chi connectivity index (χ0n) is 18.7. The molecular formula is C22H25F3N6O3. The zero-order chi connectivity index (χ0) is 24.3. The molecule has 5 rings (SSSR count). The first-order chi connectivity index (χ1) is 16.3. The van der Waals surface area contributed by atoms with Gasteiger partial charge in [0.05, 0.1) is 5.56 Å². The largest absolute Gasteiger partial charge is 0.416 e. The number of hydrogen-bond donors (Lipinski definition) is 0. The molecule has 3 aromatic rings. The van der Waals surface area contributed by atoms with E-state index in [-0.39, 0.29) is 29.1 Å². The number of hydrogen-bond acceptors (Lipinski definition) is 6. The van der Waals surface area contributed by atoms with Crippen molar-refractivity contribution < 1.29 is 22.5 Å².